The smallest absolute Gasteiger partial charge is 0.269 e. The minimum Gasteiger partial charge on any atom is -0.486 e. The fourth-order valence-corrected chi connectivity index (χ4v) is 4.52. The van der Waals surface area contributed by atoms with E-state index >= 15 is 0 Å². The number of rotatable bonds is 6. The fraction of sp³-hybridized carbons (Fsp3) is 0.438. The summed E-state index contributed by atoms with van der Waals surface area (Å²) in [5.74, 6) is -0.270. The van der Waals surface area contributed by atoms with Crippen LogP contribution in [-0.4, -0.2) is 36.8 Å². The Balaban J connectivity index is 2.18. The number of hydrogen-bond donors (Lipinski definition) is 2. The molecule has 2 atom stereocenters. The van der Waals surface area contributed by atoms with Crippen molar-refractivity contribution >= 4 is 39.2 Å². The molecule has 0 spiro atoms. The molecular weight excluding hydrogens is 389 g/mol. The van der Waals surface area contributed by atoms with Crippen LogP contribution in [0.15, 0.2) is 24.8 Å². The Morgan fingerprint density at radius 3 is 2.48 bits per heavy atom. The lowest BCUT2D eigenvalue weighted by atomic mass is 9.94. The van der Waals surface area contributed by atoms with Crippen LogP contribution < -0.4 is 10.1 Å². The van der Waals surface area contributed by atoms with E-state index in [1.54, 1.807) is 0 Å². The SMILES string of the molecule is C=CCOc1c(Cl)cc(C(=O)N[C@H]2CCCC[C@@H]2S(=O)(=O)O)cc1Cl. The first-order valence-corrected chi connectivity index (χ1v) is 10.00. The Morgan fingerprint density at radius 2 is 1.92 bits per heavy atom. The number of hydrogen-bond acceptors (Lipinski definition) is 4. The van der Waals surface area contributed by atoms with E-state index in [0.717, 1.165) is 6.42 Å². The van der Waals surface area contributed by atoms with E-state index in [0.29, 0.717) is 19.3 Å². The Morgan fingerprint density at radius 1 is 1.32 bits per heavy atom. The summed E-state index contributed by atoms with van der Waals surface area (Å²) in [6.07, 6.45) is 3.76. The van der Waals surface area contributed by atoms with Gasteiger partial charge in [0.1, 0.15) is 11.9 Å². The van der Waals surface area contributed by atoms with E-state index in [9.17, 15) is 17.8 Å². The summed E-state index contributed by atoms with van der Waals surface area (Å²) in [4.78, 5) is 12.5. The van der Waals surface area contributed by atoms with Crippen LogP contribution in [0.1, 0.15) is 36.0 Å². The average Bonchev–Trinajstić information content (AvgIpc) is 2.53. The zero-order valence-electron chi connectivity index (χ0n) is 13.4. The topological polar surface area (TPSA) is 92.7 Å². The number of benzene rings is 1. The van der Waals surface area contributed by atoms with Crippen molar-refractivity contribution in [1.82, 2.24) is 5.32 Å². The van der Waals surface area contributed by atoms with Gasteiger partial charge in [0.25, 0.3) is 16.0 Å². The van der Waals surface area contributed by atoms with E-state index in [1.165, 1.54) is 18.2 Å². The summed E-state index contributed by atoms with van der Waals surface area (Å²) in [7, 11) is -4.23. The number of halogens is 2. The molecule has 0 unspecified atom stereocenters. The van der Waals surface area contributed by atoms with Crippen LogP contribution in [0.4, 0.5) is 0 Å². The van der Waals surface area contributed by atoms with Gasteiger partial charge in [0.05, 0.1) is 10.0 Å². The molecule has 6 nitrogen and oxygen atoms in total. The van der Waals surface area contributed by atoms with E-state index in [-0.39, 0.29) is 28.0 Å². The van der Waals surface area contributed by atoms with Crippen molar-refractivity contribution in [3.8, 4) is 5.75 Å². The summed E-state index contributed by atoms with van der Waals surface area (Å²) >= 11 is 12.2. The summed E-state index contributed by atoms with van der Waals surface area (Å²) in [5, 5.41) is 1.97. The maximum absolute atomic E-state index is 12.5. The van der Waals surface area contributed by atoms with Crippen molar-refractivity contribution in [3.05, 3.63) is 40.4 Å². The molecule has 0 aliphatic heterocycles. The maximum atomic E-state index is 12.5. The van der Waals surface area contributed by atoms with Gasteiger partial charge in [-0.3, -0.25) is 9.35 Å². The molecule has 1 aliphatic rings. The monoisotopic (exact) mass is 407 g/mol. The van der Waals surface area contributed by atoms with Crippen molar-refractivity contribution in [2.45, 2.75) is 37.0 Å². The molecule has 138 valence electrons. The lowest BCUT2D eigenvalue weighted by molar-refractivity contribution is 0.0928. The molecule has 0 saturated heterocycles. The molecule has 1 aromatic rings. The van der Waals surface area contributed by atoms with Gasteiger partial charge in [-0.05, 0) is 25.0 Å². The molecule has 1 saturated carbocycles. The van der Waals surface area contributed by atoms with E-state index in [2.05, 4.69) is 11.9 Å². The van der Waals surface area contributed by atoms with Crippen molar-refractivity contribution < 1.29 is 22.5 Å². The average molecular weight is 408 g/mol. The van der Waals surface area contributed by atoms with Crippen LogP contribution in [0.2, 0.25) is 10.0 Å². The van der Waals surface area contributed by atoms with Crippen molar-refractivity contribution in [3.63, 3.8) is 0 Å². The van der Waals surface area contributed by atoms with Gasteiger partial charge in [0.2, 0.25) is 0 Å². The van der Waals surface area contributed by atoms with Gasteiger partial charge in [-0.25, -0.2) is 0 Å². The third-order valence-corrected chi connectivity index (χ3v) is 5.90. The maximum Gasteiger partial charge on any atom is 0.269 e. The molecule has 0 aromatic heterocycles. The fourth-order valence-electron chi connectivity index (χ4n) is 2.84. The molecule has 1 aromatic carbocycles. The van der Waals surface area contributed by atoms with E-state index in [1.807, 2.05) is 0 Å². The summed E-state index contributed by atoms with van der Waals surface area (Å²) in [6.45, 7) is 3.74. The van der Waals surface area contributed by atoms with Crippen LogP contribution in [0, 0.1) is 0 Å². The van der Waals surface area contributed by atoms with Gasteiger partial charge in [-0.15, -0.1) is 0 Å². The van der Waals surface area contributed by atoms with Crippen LogP contribution in [0.5, 0.6) is 5.75 Å². The standard InChI is InChI=1S/C16H19Cl2NO5S/c1-2-7-24-15-11(17)8-10(9-12(15)18)16(20)19-13-5-3-4-6-14(13)25(21,22)23/h2,8-9,13-14H,1,3-7H2,(H,19,20)(H,21,22,23)/t13-,14-/m0/s1. The van der Waals surface area contributed by atoms with E-state index < -0.39 is 27.3 Å². The molecule has 25 heavy (non-hydrogen) atoms. The predicted molar refractivity (Wildman–Crippen MR) is 97.2 cm³/mol. The lowest BCUT2D eigenvalue weighted by Crippen LogP contribution is -2.48. The minimum atomic E-state index is -4.23. The number of ether oxygens (including phenoxy) is 1. The van der Waals surface area contributed by atoms with E-state index in [4.69, 9.17) is 27.9 Å². The molecule has 0 radical (unpaired) electrons. The van der Waals surface area contributed by atoms with Crippen molar-refractivity contribution in [1.29, 1.82) is 0 Å². The second-order valence-electron chi connectivity index (χ2n) is 5.79. The van der Waals surface area contributed by atoms with Crippen molar-refractivity contribution in [2.75, 3.05) is 6.61 Å². The van der Waals surface area contributed by atoms with Gasteiger partial charge < -0.3 is 10.1 Å². The molecule has 0 heterocycles. The first-order chi connectivity index (χ1) is 11.7. The molecule has 1 fully saturated rings. The number of nitrogens with one attached hydrogen (secondary N) is 1. The van der Waals surface area contributed by atoms with Gasteiger partial charge >= 0.3 is 0 Å². The molecule has 0 bridgehead atoms. The third-order valence-electron chi connectivity index (χ3n) is 4.01. The van der Waals surface area contributed by atoms with Gasteiger partial charge in [-0.1, -0.05) is 48.7 Å². The molecule has 1 aliphatic carbocycles. The second-order valence-corrected chi connectivity index (χ2v) is 8.24. The highest BCUT2D eigenvalue weighted by atomic mass is 35.5. The quantitative estimate of drug-likeness (QED) is 0.555. The summed E-state index contributed by atoms with van der Waals surface area (Å²) in [6, 6.07) is 2.13. The Labute approximate surface area is 156 Å². The highest BCUT2D eigenvalue weighted by Gasteiger charge is 2.35. The largest absolute Gasteiger partial charge is 0.486 e. The first-order valence-electron chi connectivity index (χ1n) is 7.74. The summed E-state index contributed by atoms with van der Waals surface area (Å²) in [5.41, 5.74) is 0.181. The van der Waals surface area contributed by atoms with Crippen molar-refractivity contribution in [2.24, 2.45) is 0 Å². The highest BCUT2D eigenvalue weighted by molar-refractivity contribution is 7.86. The Kier molecular flexibility index (Phi) is 6.73. The first kappa shape index (κ1) is 20.0. The normalized spacial score (nSPS) is 20.8. The Bertz CT molecular complexity index is 743. The molecule has 1 amide bonds. The summed E-state index contributed by atoms with van der Waals surface area (Å²) < 4.78 is 37.7. The van der Waals surface area contributed by atoms with Crippen LogP contribution in [0.25, 0.3) is 0 Å². The molecular formula is C16H19Cl2NO5S. The minimum absolute atomic E-state index is 0.162. The van der Waals surface area contributed by atoms with Gasteiger partial charge in [-0.2, -0.15) is 8.42 Å². The third kappa shape index (κ3) is 5.10. The number of carbonyl (C=O) groups excluding carboxylic acids is 1. The highest BCUT2D eigenvalue weighted by Crippen LogP contribution is 2.34. The second kappa shape index (κ2) is 8.40. The number of amides is 1. The molecule has 2 rings (SSSR count). The van der Waals surface area contributed by atoms with Gasteiger partial charge in [0.15, 0.2) is 5.75 Å². The number of carbonyl (C=O) groups is 1. The van der Waals surface area contributed by atoms with Crippen LogP contribution in [-0.2, 0) is 10.1 Å². The predicted octanol–water partition coefficient (Wildman–Crippen LogP) is 3.49. The van der Waals surface area contributed by atoms with Gasteiger partial charge in [0, 0.05) is 11.6 Å². The zero-order valence-corrected chi connectivity index (χ0v) is 15.7. The molecule has 2 N–H and O–H groups in total. The van der Waals surface area contributed by atoms with Crippen LogP contribution in [0.3, 0.4) is 0 Å². The van der Waals surface area contributed by atoms with Crippen LogP contribution >= 0.6 is 23.2 Å². The Hall–Kier alpha value is -1.28. The molecule has 9 heteroatoms. The zero-order chi connectivity index (χ0) is 18.6. The lowest BCUT2D eigenvalue weighted by Gasteiger charge is -2.30.